The second kappa shape index (κ2) is 6.32. The Morgan fingerprint density at radius 2 is 2.20 bits per heavy atom. The van der Waals surface area contributed by atoms with Gasteiger partial charge in [0.15, 0.2) is 17.9 Å². The Labute approximate surface area is 143 Å². The number of fused-ring (bicyclic) bond motifs is 3. The van der Waals surface area contributed by atoms with Crippen LogP contribution in [-0.2, 0) is 29.5 Å². The molecule has 0 amide bonds. The molecule has 0 spiro atoms. The summed E-state index contributed by atoms with van der Waals surface area (Å²) in [5.74, 6) is -1.01. The number of hydrogen-bond acceptors (Lipinski definition) is 8. The molecule has 3 heterocycles. The Morgan fingerprint density at radius 3 is 2.84 bits per heavy atom. The van der Waals surface area contributed by atoms with E-state index >= 15 is 0 Å². The molecule has 0 saturated carbocycles. The molecule has 2 aliphatic heterocycles. The average molecular weight is 350 g/mol. The first-order valence-electron chi connectivity index (χ1n) is 7.73. The summed E-state index contributed by atoms with van der Waals surface area (Å²) in [6, 6.07) is 1.35. The molecule has 1 fully saturated rings. The van der Waals surface area contributed by atoms with Gasteiger partial charge >= 0.3 is 17.9 Å². The maximum atomic E-state index is 11.5. The van der Waals surface area contributed by atoms with Gasteiger partial charge in [0.05, 0.1) is 0 Å². The molecule has 1 aromatic heterocycles. The van der Waals surface area contributed by atoms with Crippen LogP contribution in [0.3, 0.4) is 0 Å². The lowest BCUT2D eigenvalue weighted by Crippen LogP contribution is -2.44. The zero-order valence-corrected chi connectivity index (χ0v) is 13.8. The highest BCUT2D eigenvalue weighted by Crippen LogP contribution is 2.47. The third-order valence-corrected chi connectivity index (χ3v) is 4.07. The summed E-state index contributed by atoms with van der Waals surface area (Å²) in [7, 11) is 0. The molecular formula is C16H18N2O7. The van der Waals surface area contributed by atoms with Gasteiger partial charge in [-0.2, -0.15) is 4.98 Å². The van der Waals surface area contributed by atoms with Crippen molar-refractivity contribution in [1.82, 2.24) is 9.55 Å². The molecule has 0 bridgehead atoms. The molecule has 0 aliphatic carbocycles. The van der Waals surface area contributed by atoms with Crippen molar-refractivity contribution in [3.05, 3.63) is 35.3 Å². The number of ether oxygens (including phenoxy) is 4. The van der Waals surface area contributed by atoms with Gasteiger partial charge in [0.1, 0.15) is 12.7 Å². The molecule has 3 rings (SSSR count). The summed E-state index contributed by atoms with van der Waals surface area (Å²) in [6.45, 7) is 6.17. The molecule has 9 heteroatoms. The van der Waals surface area contributed by atoms with Crippen molar-refractivity contribution < 1.29 is 28.5 Å². The number of esters is 2. The van der Waals surface area contributed by atoms with E-state index in [0.29, 0.717) is 6.42 Å². The van der Waals surface area contributed by atoms with Crippen LogP contribution in [0.25, 0.3) is 0 Å². The zero-order chi connectivity index (χ0) is 18.2. The Morgan fingerprint density at radius 1 is 1.44 bits per heavy atom. The van der Waals surface area contributed by atoms with Crippen molar-refractivity contribution >= 4 is 11.9 Å². The minimum atomic E-state index is -1.09. The Kier molecular flexibility index (Phi) is 4.34. The number of aromatic nitrogens is 2. The summed E-state index contributed by atoms with van der Waals surface area (Å²) in [5.41, 5.74) is -1.55. The lowest BCUT2D eigenvalue weighted by Gasteiger charge is -2.27. The van der Waals surface area contributed by atoms with Crippen LogP contribution in [0.5, 0.6) is 6.01 Å². The van der Waals surface area contributed by atoms with Crippen LogP contribution in [0.1, 0.15) is 20.3 Å². The molecule has 2 aliphatic rings. The number of carbonyl (C=O) groups excluding carboxylic acids is 2. The van der Waals surface area contributed by atoms with Gasteiger partial charge in [0.2, 0.25) is 0 Å². The van der Waals surface area contributed by atoms with Crippen LogP contribution in [-0.4, -0.2) is 46.4 Å². The Bertz CT molecular complexity index is 774. The minimum absolute atomic E-state index is 0.0717. The molecule has 0 unspecified atom stereocenters. The highest BCUT2D eigenvalue weighted by Gasteiger charge is 2.63. The van der Waals surface area contributed by atoms with Gasteiger partial charge in [-0.25, -0.2) is 0 Å². The van der Waals surface area contributed by atoms with Gasteiger partial charge in [-0.05, 0) is 0 Å². The smallest absolute Gasteiger partial charge is 0.303 e. The summed E-state index contributed by atoms with van der Waals surface area (Å²) in [4.78, 5) is 38.0. The topological polar surface area (TPSA) is 106 Å². The van der Waals surface area contributed by atoms with Crippen molar-refractivity contribution in [2.24, 2.45) is 0 Å². The maximum Gasteiger partial charge on any atom is 0.303 e. The standard InChI is InChI=1S/C16H18N2O7/c1-4-6-16-14(24-15-17-12(21)5-7-18(15)16)13(23-10(3)20)11(25-16)8-22-9(2)19/h4-5,7,11,13-14H,1,6,8H2,2-3H3/t11-,13-,14+,16-/m1/s1. The van der Waals surface area contributed by atoms with Gasteiger partial charge in [-0.3, -0.25) is 19.0 Å². The summed E-state index contributed by atoms with van der Waals surface area (Å²) < 4.78 is 23.9. The van der Waals surface area contributed by atoms with Crippen molar-refractivity contribution in [2.45, 2.75) is 44.3 Å². The second-order valence-electron chi connectivity index (χ2n) is 5.83. The minimum Gasteiger partial charge on any atom is -0.463 e. The molecule has 0 aromatic carbocycles. The van der Waals surface area contributed by atoms with Crippen LogP contribution in [0.15, 0.2) is 29.7 Å². The fourth-order valence-electron chi connectivity index (χ4n) is 3.20. The summed E-state index contributed by atoms with van der Waals surface area (Å²) in [6.07, 6.45) is 1.11. The molecule has 9 nitrogen and oxygen atoms in total. The van der Waals surface area contributed by atoms with Crippen molar-refractivity contribution in [1.29, 1.82) is 0 Å². The highest BCUT2D eigenvalue weighted by atomic mass is 16.7. The molecule has 0 N–H and O–H groups in total. The maximum absolute atomic E-state index is 11.5. The lowest BCUT2D eigenvalue weighted by molar-refractivity contribution is -0.160. The van der Waals surface area contributed by atoms with E-state index in [-0.39, 0.29) is 12.6 Å². The van der Waals surface area contributed by atoms with Gasteiger partial charge < -0.3 is 18.9 Å². The van der Waals surface area contributed by atoms with Crippen LogP contribution in [0.2, 0.25) is 0 Å². The highest BCUT2D eigenvalue weighted by molar-refractivity contribution is 5.66. The van der Waals surface area contributed by atoms with E-state index in [0.717, 1.165) is 0 Å². The van der Waals surface area contributed by atoms with Gasteiger partial charge in [0, 0.05) is 32.5 Å². The fraction of sp³-hybridized carbons (Fsp3) is 0.500. The molecule has 1 saturated heterocycles. The van der Waals surface area contributed by atoms with E-state index in [1.807, 2.05) is 0 Å². The Balaban J connectivity index is 2.01. The average Bonchev–Trinajstić information content (AvgIpc) is 2.96. The van der Waals surface area contributed by atoms with E-state index in [2.05, 4.69) is 11.6 Å². The first-order valence-corrected chi connectivity index (χ1v) is 7.73. The second-order valence-corrected chi connectivity index (χ2v) is 5.83. The molecular weight excluding hydrogens is 332 g/mol. The van der Waals surface area contributed by atoms with E-state index < -0.39 is 41.5 Å². The van der Waals surface area contributed by atoms with E-state index in [1.165, 1.54) is 26.1 Å². The summed E-state index contributed by atoms with van der Waals surface area (Å²) in [5, 5.41) is 0. The quantitative estimate of drug-likeness (QED) is 0.545. The van der Waals surface area contributed by atoms with Crippen LogP contribution in [0, 0.1) is 0 Å². The molecule has 1 aromatic rings. The first-order chi connectivity index (χ1) is 11.9. The summed E-state index contributed by atoms with van der Waals surface area (Å²) >= 11 is 0. The SMILES string of the molecule is C=CC[C@@]12O[C@H](COC(C)=O)[C@@H](OC(C)=O)[C@@H]1Oc1nc(=O)ccn12. The third kappa shape index (κ3) is 2.91. The monoisotopic (exact) mass is 350 g/mol. The number of carbonyl (C=O) groups is 2. The van der Waals surface area contributed by atoms with E-state index in [4.69, 9.17) is 18.9 Å². The van der Waals surface area contributed by atoms with Crippen molar-refractivity contribution in [2.75, 3.05) is 6.61 Å². The predicted octanol–water partition coefficient (Wildman–Crippen LogP) is 0.127. The molecule has 25 heavy (non-hydrogen) atoms. The van der Waals surface area contributed by atoms with Gasteiger partial charge in [0.25, 0.3) is 5.56 Å². The largest absolute Gasteiger partial charge is 0.463 e. The van der Waals surface area contributed by atoms with Crippen LogP contribution < -0.4 is 10.3 Å². The number of rotatable bonds is 5. The van der Waals surface area contributed by atoms with Gasteiger partial charge in [-0.15, -0.1) is 6.58 Å². The lowest BCUT2D eigenvalue weighted by atomic mass is 9.99. The van der Waals surface area contributed by atoms with Crippen LogP contribution in [0.4, 0.5) is 0 Å². The van der Waals surface area contributed by atoms with Crippen molar-refractivity contribution in [3.8, 4) is 6.01 Å². The normalized spacial score (nSPS) is 29.3. The van der Waals surface area contributed by atoms with E-state index in [1.54, 1.807) is 10.6 Å². The van der Waals surface area contributed by atoms with Crippen LogP contribution >= 0.6 is 0 Å². The fourth-order valence-corrected chi connectivity index (χ4v) is 3.20. The number of hydrogen-bond donors (Lipinski definition) is 0. The third-order valence-electron chi connectivity index (χ3n) is 4.07. The van der Waals surface area contributed by atoms with E-state index in [9.17, 15) is 14.4 Å². The zero-order valence-electron chi connectivity index (χ0n) is 13.8. The first kappa shape index (κ1) is 17.2. The molecule has 4 atom stereocenters. The Hall–Kier alpha value is -2.68. The van der Waals surface area contributed by atoms with Crippen molar-refractivity contribution in [3.63, 3.8) is 0 Å². The predicted molar refractivity (Wildman–Crippen MR) is 82.8 cm³/mol. The molecule has 134 valence electrons. The number of nitrogens with zero attached hydrogens (tertiary/aromatic N) is 2. The molecule has 0 radical (unpaired) electrons. The van der Waals surface area contributed by atoms with Gasteiger partial charge in [-0.1, -0.05) is 6.08 Å².